The lowest BCUT2D eigenvalue weighted by molar-refractivity contribution is -0.117. The zero-order valence-electron chi connectivity index (χ0n) is 14.9. The Kier molecular flexibility index (Phi) is 6.59. The summed E-state index contributed by atoms with van der Waals surface area (Å²) in [6.45, 7) is 2.82. The lowest BCUT2D eigenvalue weighted by atomic mass is 10.1. The average Bonchev–Trinajstić information content (AvgIpc) is 2.61. The topological polar surface area (TPSA) is 102 Å². The Balaban J connectivity index is 2.12. The number of hydrogen-bond acceptors (Lipinski definition) is 5. The number of benzene rings is 2. The van der Waals surface area contributed by atoms with Crippen LogP contribution in [0.4, 0.5) is 5.69 Å². The molecular weight excluding hydrogens is 392 g/mol. The highest BCUT2D eigenvalue weighted by molar-refractivity contribution is 7.89. The molecule has 1 atom stereocenters. The number of hydrogen-bond donors (Lipinski definition) is 2. The quantitative estimate of drug-likeness (QED) is 0.683. The van der Waals surface area contributed by atoms with Crippen molar-refractivity contribution in [2.75, 3.05) is 12.4 Å². The summed E-state index contributed by atoms with van der Waals surface area (Å²) in [7, 11) is -2.55. The molecule has 1 amide bonds. The van der Waals surface area contributed by atoms with Crippen molar-refractivity contribution in [3.63, 3.8) is 0 Å². The van der Waals surface area contributed by atoms with Gasteiger partial charge in [0.05, 0.1) is 23.1 Å². The van der Waals surface area contributed by atoms with Crippen LogP contribution < -0.4 is 14.8 Å². The smallest absolute Gasteiger partial charge is 0.242 e. The third-order valence-electron chi connectivity index (χ3n) is 3.70. The normalized spacial score (nSPS) is 12.3. The van der Waals surface area contributed by atoms with Crippen LogP contribution in [0.3, 0.4) is 0 Å². The van der Waals surface area contributed by atoms with Crippen molar-refractivity contribution in [3.05, 3.63) is 53.1 Å². The second-order valence-corrected chi connectivity index (χ2v) is 7.89. The molecule has 27 heavy (non-hydrogen) atoms. The molecule has 2 aromatic rings. The summed E-state index contributed by atoms with van der Waals surface area (Å²) in [6.07, 6.45) is 0. The van der Waals surface area contributed by atoms with Crippen LogP contribution in [0.25, 0.3) is 0 Å². The molecule has 0 aliphatic carbocycles. The summed E-state index contributed by atoms with van der Waals surface area (Å²) in [5.74, 6) is -0.373. The van der Waals surface area contributed by atoms with E-state index in [-0.39, 0.29) is 15.7 Å². The molecule has 0 aromatic heterocycles. The van der Waals surface area contributed by atoms with E-state index >= 15 is 0 Å². The molecule has 0 unspecified atom stereocenters. The molecule has 0 aliphatic heterocycles. The summed E-state index contributed by atoms with van der Waals surface area (Å²) < 4.78 is 32.2. The van der Waals surface area contributed by atoms with Gasteiger partial charge in [0.15, 0.2) is 5.78 Å². The van der Waals surface area contributed by atoms with Crippen molar-refractivity contribution in [2.24, 2.45) is 0 Å². The first-order valence-electron chi connectivity index (χ1n) is 7.92. The molecule has 0 saturated carbocycles. The van der Waals surface area contributed by atoms with Crippen LogP contribution in [-0.2, 0) is 14.8 Å². The highest BCUT2D eigenvalue weighted by atomic mass is 35.5. The fraction of sp³-hybridized carbons (Fsp3) is 0.222. The Morgan fingerprint density at radius 1 is 1.15 bits per heavy atom. The zero-order valence-corrected chi connectivity index (χ0v) is 16.5. The minimum atomic E-state index is -3.97. The van der Waals surface area contributed by atoms with E-state index in [2.05, 4.69) is 10.0 Å². The largest absolute Gasteiger partial charge is 0.495 e. The molecule has 0 spiro atoms. The van der Waals surface area contributed by atoms with E-state index in [4.69, 9.17) is 16.3 Å². The van der Waals surface area contributed by atoms with Gasteiger partial charge in [0, 0.05) is 11.3 Å². The lowest BCUT2D eigenvalue weighted by Gasteiger charge is -2.15. The number of Topliss-reactive ketones (excluding diaryl/α,β-unsaturated/α-hetero) is 1. The number of halogens is 1. The fourth-order valence-electron chi connectivity index (χ4n) is 2.24. The number of ether oxygens (including phenoxy) is 1. The summed E-state index contributed by atoms with van der Waals surface area (Å²) in [6, 6.07) is 9.31. The predicted octanol–water partition coefficient (Wildman–Crippen LogP) is 2.86. The first kappa shape index (κ1) is 20.9. The van der Waals surface area contributed by atoms with Crippen LogP contribution >= 0.6 is 11.6 Å². The molecule has 0 saturated heterocycles. The molecule has 0 aliphatic rings. The van der Waals surface area contributed by atoms with Crippen LogP contribution in [0.2, 0.25) is 5.02 Å². The van der Waals surface area contributed by atoms with Crippen LogP contribution in [0, 0.1) is 0 Å². The number of amides is 1. The maximum atomic E-state index is 12.5. The first-order chi connectivity index (χ1) is 12.6. The van der Waals surface area contributed by atoms with Gasteiger partial charge in [-0.3, -0.25) is 9.59 Å². The maximum absolute atomic E-state index is 12.5. The Morgan fingerprint density at radius 3 is 2.44 bits per heavy atom. The molecule has 0 fully saturated rings. The van der Waals surface area contributed by atoms with Crippen molar-refractivity contribution in [1.82, 2.24) is 4.72 Å². The van der Waals surface area contributed by atoms with Gasteiger partial charge in [0.2, 0.25) is 15.9 Å². The van der Waals surface area contributed by atoms with E-state index in [9.17, 15) is 18.0 Å². The Labute approximate surface area is 162 Å². The number of rotatable bonds is 7. The SMILES string of the molecule is COc1ccc(S(=O)(=O)N[C@@H](C)C(=O)Nc2cccc(C(C)=O)c2)cc1Cl. The van der Waals surface area contributed by atoms with Crippen molar-refractivity contribution < 1.29 is 22.7 Å². The van der Waals surface area contributed by atoms with E-state index in [1.54, 1.807) is 18.2 Å². The molecule has 2 rings (SSSR count). The van der Waals surface area contributed by atoms with Gasteiger partial charge >= 0.3 is 0 Å². The van der Waals surface area contributed by atoms with Crippen LogP contribution in [0.5, 0.6) is 5.75 Å². The molecule has 9 heteroatoms. The molecule has 144 valence electrons. The molecular formula is C18H19ClN2O5S. The first-order valence-corrected chi connectivity index (χ1v) is 9.78. The van der Waals surface area contributed by atoms with Gasteiger partial charge in [-0.25, -0.2) is 8.42 Å². The van der Waals surface area contributed by atoms with E-state index < -0.39 is 22.0 Å². The van der Waals surface area contributed by atoms with Gasteiger partial charge < -0.3 is 10.1 Å². The number of carbonyl (C=O) groups is 2. The number of ketones is 1. The van der Waals surface area contributed by atoms with Crippen molar-refractivity contribution >= 4 is 39.0 Å². The van der Waals surface area contributed by atoms with Crippen LogP contribution in [0.15, 0.2) is 47.4 Å². The maximum Gasteiger partial charge on any atom is 0.242 e. The van der Waals surface area contributed by atoms with Gasteiger partial charge in [-0.1, -0.05) is 23.7 Å². The molecule has 0 heterocycles. The van der Waals surface area contributed by atoms with Crippen LogP contribution in [0.1, 0.15) is 24.2 Å². The molecule has 7 nitrogen and oxygen atoms in total. The molecule has 2 aromatic carbocycles. The third-order valence-corrected chi connectivity index (χ3v) is 5.53. The van der Waals surface area contributed by atoms with Crippen molar-refractivity contribution in [1.29, 1.82) is 0 Å². The third kappa shape index (κ3) is 5.29. The summed E-state index contributed by atoms with van der Waals surface area (Å²) >= 11 is 5.96. The average molecular weight is 411 g/mol. The standard InChI is InChI=1S/C18H19ClN2O5S/c1-11(18(23)20-14-6-4-5-13(9-14)12(2)22)21-27(24,25)15-7-8-17(26-3)16(19)10-15/h4-11,21H,1-3H3,(H,20,23)/t11-/m0/s1. The zero-order chi connectivity index (χ0) is 20.2. The molecule has 2 N–H and O–H groups in total. The lowest BCUT2D eigenvalue weighted by Crippen LogP contribution is -2.41. The van der Waals surface area contributed by atoms with E-state index in [0.29, 0.717) is 17.0 Å². The van der Waals surface area contributed by atoms with Crippen LogP contribution in [-0.4, -0.2) is 33.3 Å². The van der Waals surface area contributed by atoms with E-state index in [1.807, 2.05) is 0 Å². The number of carbonyl (C=O) groups excluding carboxylic acids is 2. The molecule has 0 radical (unpaired) electrons. The number of methoxy groups -OCH3 is 1. The summed E-state index contributed by atoms with van der Waals surface area (Å²) in [4.78, 5) is 23.6. The van der Waals surface area contributed by atoms with Gasteiger partial charge in [-0.05, 0) is 44.2 Å². The minimum Gasteiger partial charge on any atom is -0.495 e. The number of nitrogens with one attached hydrogen (secondary N) is 2. The monoisotopic (exact) mass is 410 g/mol. The second kappa shape index (κ2) is 8.51. The summed E-state index contributed by atoms with van der Waals surface area (Å²) in [5, 5.41) is 2.71. The fourth-order valence-corrected chi connectivity index (χ4v) is 3.79. The van der Waals surface area contributed by atoms with Gasteiger partial charge in [-0.15, -0.1) is 0 Å². The highest BCUT2D eigenvalue weighted by Gasteiger charge is 2.23. The minimum absolute atomic E-state index is 0.0912. The van der Waals surface area contributed by atoms with Crippen molar-refractivity contribution in [3.8, 4) is 5.75 Å². The Bertz CT molecular complexity index is 975. The number of sulfonamides is 1. The number of anilines is 1. The predicted molar refractivity (Wildman–Crippen MR) is 103 cm³/mol. The van der Waals surface area contributed by atoms with Gasteiger partial charge in [-0.2, -0.15) is 4.72 Å². The summed E-state index contributed by atoms with van der Waals surface area (Å²) in [5.41, 5.74) is 0.833. The Hall–Kier alpha value is -2.42. The van der Waals surface area contributed by atoms with E-state index in [1.165, 1.54) is 45.2 Å². The molecule has 0 bridgehead atoms. The Morgan fingerprint density at radius 2 is 1.85 bits per heavy atom. The second-order valence-electron chi connectivity index (χ2n) is 5.77. The highest BCUT2D eigenvalue weighted by Crippen LogP contribution is 2.27. The van der Waals surface area contributed by atoms with Crippen molar-refractivity contribution in [2.45, 2.75) is 24.8 Å². The van der Waals surface area contributed by atoms with Gasteiger partial charge in [0.1, 0.15) is 5.75 Å². The van der Waals surface area contributed by atoms with E-state index in [0.717, 1.165) is 0 Å². The van der Waals surface area contributed by atoms with Gasteiger partial charge in [0.25, 0.3) is 0 Å².